The van der Waals surface area contributed by atoms with E-state index in [2.05, 4.69) is 58.1 Å². The molecule has 3 aromatic carbocycles. The van der Waals surface area contributed by atoms with Gasteiger partial charge in [0.05, 0.1) is 17.3 Å². The molecule has 1 aliphatic heterocycles. The van der Waals surface area contributed by atoms with Gasteiger partial charge in [-0.05, 0) is 29.8 Å². The molecule has 0 saturated heterocycles. The van der Waals surface area contributed by atoms with E-state index < -0.39 is 0 Å². The number of nitrogens with zero attached hydrogens (tertiary/aromatic N) is 3. The Kier molecular flexibility index (Phi) is 3.26. The van der Waals surface area contributed by atoms with Crippen LogP contribution in [-0.2, 0) is 0 Å². The highest BCUT2D eigenvalue weighted by Gasteiger charge is 2.19. The van der Waals surface area contributed by atoms with E-state index in [-0.39, 0.29) is 6.17 Å². The molecule has 0 N–H and O–H groups in total. The molecular weight excluding hydrogens is 346 g/mol. The van der Waals surface area contributed by atoms with E-state index >= 15 is 0 Å². The first-order valence-electron chi connectivity index (χ1n) is 9.42. The van der Waals surface area contributed by atoms with E-state index in [1.165, 1.54) is 10.8 Å². The molecule has 4 nitrogen and oxygen atoms in total. The zero-order valence-corrected chi connectivity index (χ0v) is 15.1. The van der Waals surface area contributed by atoms with Gasteiger partial charge in [-0.2, -0.15) is 0 Å². The first-order valence-corrected chi connectivity index (χ1v) is 9.42. The van der Waals surface area contributed by atoms with Gasteiger partial charge in [-0.25, -0.2) is 4.99 Å². The molecule has 1 aliphatic rings. The zero-order chi connectivity index (χ0) is 18.5. The molecule has 4 heteroatoms. The highest BCUT2D eigenvalue weighted by atomic mass is 16.3. The van der Waals surface area contributed by atoms with Gasteiger partial charge >= 0.3 is 0 Å². The van der Waals surface area contributed by atoms with E-state index in [4.69, 9.17) is 9.41 Å². The Hall–Kier alpha value is -3.66. The second kappa shape index (κ2) is 5.92. The van der Waals surface area contributed by atoms with Crippen molar-refractivity contribution in [3.63, 3.8) is 0 Å². The summed E-state index contributed by atoms with van der Waals surface area (Å²) in [4.78, 5) is 9.64. The lowest BCUT2D eigenvalue weighted by molar-refractivity contribution is 0.616. The van der Waals surface area contributed by atoms with Crippen LogP contribution in [0.15, 0.2) is 93.5 Å². The second-order valence-electron chi connectivity index (χ2n) is 7.05. The Labute approximate surface area is 161 Å². The summed E-state index contributed by atoms with van der Waals surface area (Å²) in [5, 5.41) is 3.48. The van der Waals surface area contributed by atoms with Crippen molar-refractivity contribution in [1.82, 2.24) is 4.57 Å². The van der Waals surface area contributed by atoms with Gasteiger partial charge < -0.3 is 4.42 Å². The van der Waals surface area contributed by atoms with Gasteiger partial charge in [0.25, 0.3) is 0 Å². The Morgan fingerprint density at radius 2 is 1.71 bits per heavy atom. The molecule has 2 aromatic heterocycles. The van der Waals surface area contributed by atoms with E-state index in [0.29, 0.717) is 6.42 Å². The monoisotopic (exact) mass is 363 g/mol. The third kappa shape index (κ3) is 2.24. The van der Waals surface area contributed by atoms with Gasteiger partial charge in [-0.3, -0.25) is 9.56 Å². The first kappa shape index (κ1) is 15.4. The molecule has 0 radical (unpaired) electrons. The van der Waals surface area contributed by atoms with Crippen LogP contribution in [0.25, 0.3) is 32.8 Å². The largest absolute Gasteiger partial charge is 0.464 e. The van der Waals surface area contributed by atoms with Crippen LogP contribution >= 0.6 is 0 Å². The summed E-state index contributed by atoms with van der Waals surface area (Å²) < 4.78 is 7.92. The van der Waals surface area contributed by atoms with Crippen molar-refractivity contribution in [2.45, 2.75) is 12.6 Å². The molecule has 28 heavy (non-hydrogen) atoms. The fourth-order valence-electron chi connectivity index (χ4n) is 4.10. The summed E-state index contributed by atoms with van der Waals surface area (Å²) in [6, 6.07) is 25.1. The molecule has 0 aliphatic carbocycles. The summed E-state index contributed by atoms with van der Waals surface area (Å²) in [5.74, 6) is 1.01. The Balaban J connectivity index is 1.63. The Morgan fingerprint density at radius 3 is 2.64 bits per heavy atom. The first-order chi connectivity index (χ1) is 13.9. The Morgan fingerprint density at radius 1 is 0.857 bits per heavy atom. The maximum atomic E-state index is 5.64. The number of hydrogen-bond donors (Lipinski definition) is 0. The third-order valence-electron chi connectivity index (χ3n) is 5.39. The standard InChI is InChI=1S/C24H17N3O/c1-2-6-16(7-3-1)24-25-12-10-23(26-24)27-20-9-5-4-8-18(20)19-15-22-17(11-13-28-22)14-21(19)27/h1-9,11-15,24H,10H2. The van der Waals surface area contributed by atoms with E-state index in [1.54, 1.807) is 6.26 Å². The molecule has 5 aromatic rings. The van der Waals surface area contributed by atoms with Crippen molar-refractivity contribution in [2.24, 2.45) is 9.98 Å². The number of para-hydroxylation sites is 1. The summed E-state index contributed by atoms with van der Waals surface area (Å²) in [6.45, 7) is 0. The van der Waals surface area contributed by atoms with Crippen molar-refractivity contribution in [3.8, 4) is 0 Å². The maximum Gasteiger partial charge on any atom is 0.166 e. The lowest BCUT2D eigenvalue weighted by Gasteiger charge is -2.17. The van der Waals surface area contributed by atoms with Crippen molar-refractivity contribution >= 4 is 44.8 Å². The van der Waals surface area contributed by atoms with Crippen LogP contribution in [0.5, 0.6) is 0 Å². The van der Waals surface area contributed by atoms with Crippen molar-refractivity contribution in [1.29, 1.82) is 0 Å². The molecule has 134 valence electrons. The fraction of sp³-hybridized carbons (Fsp3) is 0.0833. The molecule has 0 bridgehead atoms. The number of rotatable bonds is 1. The molecule has 0 spiro atoms. The highest BCUT2D eigenvalue weighted by molar-refractivity contribution is 6.18. The number of hydrogen-bond acceptors (Lipinski definition) is 3. The SMILES string of the molecule is C1=NC(c2ccccc2)N=C(n2c3ccccc3c3cc4occc4cc32)C1. The van der Waals surface area contributed by atoms with Crippen molar-refractivity contribution in [2.75, 3.05) is 0 Å². The van der Waals surface area contributed by atoms with Crippen LogP contribution in [0, 0.1) is 0 Å². The lowest BCUT2D eigenvalue weighted by atomic mass is 10.1. The second-order valence-corrected chi connectivity index (χ2v) is 7.05. The number of aliphatic imine (C=N–C) groups is 2. The molecule has 6 rings (SSSR count). The maximum absolute atomic E-state index is 5.64. The number of furan rings is 1. The zero-order valence-electron chi connectivity index (χ0n) is 15.1. The predicted molar refractivity (Wildman–Crippen MR) is 114 cm³/mol. The number of fused-ring (bicyclic) bond motifs is 4. The molecule has 0 fully saturated rings. The van der Waals surface area contributed by atoms with E-state index in [1.807, 2.05) is 30.5 Å². The van der Waals surface area contributed by atoms with Gasteiger partial charge in [-0.15, -0.1) is 0 Å². The summed E-state index contributed by atoms with van der Waals surface area (Å²) in [6.07, 6.45) is 4.24. The van der Waals surface area contributed by atoms with Crippen LogP contribution in [-0.4, -0.2) is 16.6 Å². The van der Waals surface area contributed by atoms with Gasteiger partial charge in [-0.1, -0.05) is 48.5 Å². The van der Waals surface area contributed by atoms with E-state index in [9.17, 15) is 0 Å². The van der Waals surface area contributed by atoms with Crippen LogP contribution in [0.3, 0.4) is 0 Å². The molecular formula is C24H17N3O. The lowest BCUT2D eigenvalue weighted by Crippen LogP contribution is -2.17. The van der Waals surface area contributed by atoms with Crippen LogP contribution in [0.4, 0.5) is 0 Å². The number of aromatic nitrogens is 1. The Bertz CT molecular complexity index is 1390. The van der Waals surface area contributed by atoms with Gasteiger partial charge in [0, 0.05) is 28.8 Å². The summed E-state index contributed by atoms with van der Waals surface area (Å²) in [7, 11) is 0. The minimum atomic E-state index is -0.196. The topological polar surface area (TPSA) is 42.8 Å². The number of benzene rings is 3. The van der Waals surface area contributed by atoms with Gasteiger partial charge in [0.15, 0.2) is 6.17 Å². The van der Waals surface area contributed by atoms with Gasteiger partial charge in [0.1, 0.15) is 11.4 Å². The molecule has 0 saturated carbocycles. The molecule has 1 unspecified atom stereocenters. The quantitative estimate of drug-likeness (QED) is 0.362. The smallest absolute Gasteiger partial charge is 0.166 e. The highest BCUT2D eigenvalue weighted by Crippen LogP contribution is 2.34. The van der Waals surface area contributed by atoms with Crippen LogP contribution < -0.4 is 0 Å². The van der Waals surface area contributed by atoms with Crippen molar-refractivity contribution in [3.05, 3.63) is 84.6 Å². The molecule has 0 amide bonds. The molecule has 3 heterocycles. The minimum Gasteiger partial charge on any atom is -0.464 e. The predicted octanol–water partition coefficient (Wildman–Crippen LogP) is 5.96. The minimum absolute atomic E-state index is 0.196. The van der Waals surface area contributed by atoms with Crippen molar-refractivity contribution < 1.29 is 4.42 Å². The summed E-state index contributed by atoms with van der Waals surface area (Å²) >= 11 is 0. The third-order valence-corrected chi connectivity index (χ3v) is 5.39. The van der Waals surface area contributed by atoms with Crippen LogP contribution in [0.1, 0.15) is 18.2 Å². The average Bonchev–Trinajstić information content (AvgIpc) is 3.34. The van der Waals surface area contributed by atoms with Gasteiger partial charge in [0.2, 0.25) is 0 Å². The fourth-order valence-corrected chi connectivity index (χ4v) is 4.10. The summed E-state index contributed by atoms with van der Waals surface area (Å²) in [5.41, 5.74) is 4.32. The molecule has 1 atom stereocenters. The normalized spacial score (nSPS) is 16.9. The average molecular weight is 363 g/mol. The van der Waals surface area contributed by atoms with Crippen LogP contribution in [0.2, 0.25) is 0 Å². The van der Waals surface area contributed by atoms with E-state index in [0.717, 1.165) is 33.4 Å².